The number of sulfonamides is 1. The van der Waals surface area contributed by atoms with E-state index in [4.69, 9.17) is 23.2 Å². The lowest BCUT2D eigenvalue weighted by Gasteiger charge is -2.17. The van der Waals surface area contributed by atoms with E-state index >= 15 is 0 Å². The maximum atomic E-state index is 12.6. The minimum absolute atomic E-state index is 0.0981. The molecule has 1 amide bonds. The van der Waals surface area contributed by atoms with Gasteiger partial charge in [-0.15, -0.1) is 0 Å². The smallest absolute Gasteiger partial charge is 0.281 e. The van der Waals surface area contributed by atoms with E-state index in [0.717, 1.165) is 18.8 Å². The highest BCUT2D eigenvalue weighted by Crippen LogP contribution is 2.42. The molecule has 1 saturated carbocycles. The molecule has 2 aromatic heterocycles. The van der Waals surface area contributed by atoms with Crippen LogP contribution in [0.3, 0.4) is 0 Å². The molecule has 168 valence electrons. The van der Waals surface area contributed by atoms with Crippen molar-refractivity contribution in [3.05, 3.63) is 46.2 Å². The molecule has 0 aromatic carbocycles. The molecule has 7 nitrogen and oxygen atoms in total. The average molecular weight is 485 g/mol. The second kappa shape index (κ2) is 9.71. The summed E-state index contributed by atoms with van der Waals surface area (Å²) in [6, 6.07) is 7.25. The van der Waals surface area contributed by atoms with E-state index in [-0.39, 0.29) is 20.9 Å². The third kappa shape index (κ3) is 6.54. The Balaban J connectivity index is 1.57. The molecule has 10 heteroatoms. The Bertz CT molecular complexity index is 1060. The first-order valence-electron chi connectivity index (χ1n) is 10.2. The summed E-state index contributed by atoms with van der Waals surface area (Å²) in [5, 5.41) is 2.82. The molecule has 0 bridgehead atoms. The number of anilines is 1. The lowest BCUT2D eigenvalue weighted by molar-refractivity contribution is 0.0981. The van der Waals surface area contributed by atoms with Gasteiger partial charge in [0.15, 0.2) is 5.03 Å². The number of nitrogens with one attached hydrogen (secondary N) is 2. The molecule has 0 unspecified atom stereocenters. The van der Waals surface area contributed by atoms with Crippen LogP contribution in [0.1, 0.15) is 56.3 Å². The number of rotatable bonds is 8. The Morgan fingerprint density at radius 3 is 2.65 bits per heavy atom. The fourth-order valence-corrected chi connectivity index (χ4v) is 5.27. The molecule has 2 heterocycles. The second-order valence-electron chi connectivity index (χ2n) is 8.61. The van der Waals surface area contributed by atoms with Gasteiger partial charge >= 0.3 is 0 Å². The third-order valence-corrected chi connectivity index (χ3v) is 7.18. The van der Waals surface area contributed by atoms with Crippen molar-refractivity contribution in [1.82, 2.24) is 14.7 Å². The maximum absolute atomic E-state index is 12.6. The van der Waals surface area contributed by atoms with Crippen molar-refractivity contribution in [2.75, 3.05) is 11.9 Å². The zero-order valence-corrected chi connectivity index (χ0v) is 19.8. The van der Waals surface area contributed by atoms with Crippen molar-refractivity contribution < 1.29 is 13.2 Å². The van der Waals surface area contributed by atoms with Crippen LogP contribution in [-0.2, 0) is 10.0 Å². The van der Waals surface area contributed by atoms with Gasteiger partial charge in [-0.25, -0.2) is 14.7 Å². The van der Waals surface area contributed by atoms with Crippen molar-refractivity contribution >= 4 is 45.0 Å². The summed E-state index contributed by atoms with van der Waals surface area (Å²) in [6.45, 7) is 5.33. The molecule has 0 spiro atoms. The van der Waals surface area contributed by atoms with E-state index in [2.05, 4.69) is 29.1 Å². The van der Waals surface area contributed by atoms with Crippen LogP contribution in [-0.4, -0.2) is 30.8 Å². The maximum Gasteiger partial charge on any atom is 0.281 e. The highest BCUT2D eigenvalue weighted by Gasteiger charge is 2.30. The Hall–Kier alpha value is -1.90. The fourth-order valence-electron chi connectivity index (χ4n) is 3.91. The zero-order chi connectivity index (χ0) is 22.6. The van der Waals surface area contributed by atoms with Gasteiger partial charge < -0.3 is 5.32 Å². The number of nitrogens with zero attached hydrogens (tertiary/aromatic N) is 2. The van der Waals surface area contributed by atoms with Crippen LogP contribution >= 0.6 is 23.2 Å². The van der Waals surface area contributed by atoms with E-state index in [1.54, 1.807) is 12.1 Å². The molecule has 1 atom stereocenters. The van der Waals surface area contributed by atoms with Gasteiger partial charge in [-0.2, -0.15) is 8.42 Å². The first-order valence-corrected chi connectivity index (χ1v) is 12.4. The number of hydrogen-bond acceptors (Lipinski definition) is 6. The van der Waals surface area contributed by atoms with Gasteiger partial charge in [0.25, 0.3) is 15.9 Å². The van der Waals surface area contributed by atoms with Gasteiger partial charge in [0.05, 0.1) is 5.56 Å². The molecule has 0 saturated heterocycles. The van der Waals surface area contributed by atoms with Gasteiger partial charge in [0.1, 0.15) is 16.1 Å². The number of carbonyl (C=O) groups is 1. The highest BCUT2D eigenvalue weighted by atomic mass is 35.5. The van der Waals surface area contributed by atoms with Gasteiger partial charge in [-0.3, -0.25) is 4.79 Å². The molecule has 31 heavy (non-hydrogen) atoms. The van der Waals surface area contributed by atoms with Gasteiger partial charge in [-0.05, 0) is 67.7 Å². The summed E-state index contributed by atoms with van der Waals surface area (Å²) in [7, 11) is -4.18. The summed E-state index contributed by atoms with van der Waals surface area (Å²) < 4.78 is 27.2. The summed E-state index contributed by atoms with van der Waals surface area (Å²) in [6.07, 6.45) is 5.92. The fraction of sp³-hybridized carbons (Fsp3) is 0.476. The summed E-state index contributed by atoms with van der Waals surface area (Å²) >= 11 is 11.6. The standard InChI is InChI=1S/C21H26Cl2N4O3S/c1-21(2)11-10-14(13-21)5-4-12-24-17-6-3-7-18(26-17)31(29,30)27-20(28)15-8-9-16(22)25-19(15)23/h3,6-9,14H,4-5,10-13H2,1-2H3,(H,24,26)(H,27,28)/t14-/m1/s1. The van der Waals surface area contributed by atoms with Crippen molar-refractivity contribution in [2.24, 2.45) is 11.3 Å². The van der Waals surface area contributed by atoms with Gasteiger partial charge in [0, 0.05) is 6.54 Å². The summed E-state index contributed by atoms with van der Waals surface area (Å²) in [4.78, 5) is 20.2. The first-order chi connectivity index (χ1) is 14.6. The van der Waals surface area contributed by atoms with Crippen LogP contribution in [0.5, 0.6) is 0 Å². The quantitative estimate of drug-likeness (QED) is 0.407. The van der Waals surface area contributed by atoms with Crippen LogP contribution in [0, 0.1) is 11.3 Å². The zero-order valence-electron chi connectivity index (χ0n) is 17.5. The molecule has 0 aliphatic heterocycles. The SMILES string of the molecule is CC1(C)CC[C@@H](CCCNc2cccc(S(=O)(=O)NC(=O)c3ccc(Cl)nc3Cl)n2)C1. The number of hydrogen-bond donors (Lipinski definition) is 2. The Kier molecular flexibility index (Phi) is 7.44. The third-order valence-electron chi connectivity index (χ3n) is 5.45. The van der Waals surface area contributed by atoms with E-state index in [0.29, 0.717) is 17.8 Å². The largest absolute Gasteiger partial charge is 0.370 e. The van der Waals surface area contributed by atoms with Crippen LogP contribution in [0.25, 0.3) is 0 Å². The molecule has 0 radical (unpaired) electrons. The predicted octanol–water partition coefficient (Wildman–Crippen LogP) is 4.92. The molecule has 1 fully saturated rings. The highest BCUT2D eigenvalue weighted by molar-refractivity contribution is 7.90. The predicted molar refractivity (Wildman–Crippen MR) is 122 cm³/mol. The van der Waals surface area contributed by atoms with Gasteiger partial charge in [0.2, 0.25) is 0 Å². The van der Waals surface area contributed by atoms with Crippen molar-refractivity contribution in [1.29, 1.82) is 0 Å². The Morgan fingerprint density at radius 2 is 1.97 bits per heavy atom. The number of halogens is 2. The molecular weight excluding hydrogens is 459 g/mol. The average Bonchev–Trinajstić information content (AvgIpc) is 3.03. The molecule has 2 aromatic rings. The van der Waals surface area contributed by atoms with Crippen LogP contribution < -0.4 is 10.0 Å². The van der Waals surface area contributed by atoms with Crippen molar-refractivity contribution in [2.45, 2.75) is 51.0 Å². The van der Waals surface area contributed by atoms with Gasteiger partial charge in [-0.1, -0.05) is 43.1 Å². The lowest BCUT2D eigenvalue weighted by Crippen LogP contribution is -2.31. The van der Waals surface area contributed by atoms with E-state index in [1.807, 2.05) is 4.72 Å². The van der Waals surface area contributed by atoms with E-state index < -0.39 is 15.9 Å². The summed E-state index contributed by atoms with van der Waals surface area (Å²) in [5.74, 6) is 0.281. The topological polar surface area (TPSA) is 101 Å². The minimum Gasteiger partial charge on any atom is -0.370 e. The Morgan fingerprint density at radius 1 is 1.19 bits per heavy atom. The van der Waals surface area contributed by atoms with Crippen LogP contribution in [0.4, 0.5) is 5.82 Å². The number of pyridine rings is 2. The molecule has 3 rings (SSSR count). The molecule has 1 aliphatic carbocycles. The van der Waals surface area contributed by atoms with E-state index in [1.165, 1.54) is 37.5 Å². The van der Waals surface area contributed by atoms with Crippen LogP contribution in [0.15, 0.2) is 35.4 Å². The summed E-state index contributed by atoms with van der Waals surface area (Å²) in [5.41, 5.74) is 0.345. The van der Waals surface area contributed by atoms with Crippen molar-refractivity contribution in [3.63, 3.8) is 0 Å². The lowest BCUT2D eigenvalue weighted by atomic mass is 9.89. The monoisotopic (exact) mass is 484 g/mol. The normalized spacial score (nSPS) is 18.0. The first kappa shape index (κ1) is 23.8. The minimum atomic E-state index is -4.18. The second-order valence-corrected chi connectivity index (χ2v) is 11.0. The van der Waals surface area contributed by atoms with Crippen LogP contribution in [0.2, 0.25) is 10.3 Å². The molecule has 2 N–H and O–H groups in total. The number of aromatic nitrogens is 2. The Labute approximate surface area is 193 Å². The van der Waals surface area contributed by atoms with E-state index in [9.17, 15) is 13.2 Å². The number of amides is 1. The number of carbonyl (C=O) groups excluding carboxylic acids is 1. The molecular formula is C21H26Cl2N4O3S. The molecule has 1 aliphatic rings. The van der Waals surface area contributed by atoms with Crippen molar-refractivity contribution in [3.8, 4) is 0 Å².